The Hall–Kier alpha value is -7.49. The van der Waals surface area contributed by atoms with Gasteiger partial charge in [-0.2, -0.15) is 0 Å². The van der Waals surface area contributed by atoms with E-state index in [4.69, 9.17) is 15.0 Å². The van der Waals surface area contributed by atoms with Crippen LogP contribution in [0, 0.1) is 0 Å². The summed E-state index contributed by atoms with van der Waals surface area (Å²) in [5, 5.41) is 10.8. The predicted octanol–water partition coefficient (Wildman–Crippen LogP) is 14.0. The minimum absolute atomic E-state index is 0.694. The minimum atomic E-state index is 0.694. The molecular formula is C53H33N3. The lowest BCUT2D eigenvalue weighted by atomic mass is 9.89. The van der Waals surface area contributed by atoms with E-state index in [1.807, 2.05) is 0 Å². The molecule has 0 amide bonds. The fraction of sp³-hybridized carbons (Fsp3) is 0. The standard InChI is InChI=1S/C53H33N3/c1-3-16-36(17-4-1)50-47(51(37-18-5-2-6-19-37)56-53(55-50)40-32-27-34-15-7-8-20-39(34)33-40)35-28-30-38(31-29-35)52-49-44-24-12-10-22-42(44)41-21-9-11-23-43(41)48(49)45-25-13-14-26-46(45)54-52/h1-33H. The van der Waals surface area contributed by atoms with E-state index in [2.05, 4.69) is 200 Å². The topological polar surface area (TPSA) is 38.7 Å². The molecule has 11 rings (SSSR count). The third-order valence-electron chi connectivity index (χ3n) is 11.0. The molecule has 0 aliphatic rings. The fourth-order valence-corrected chi connectivity index (χ4v) is 8.43. The molecule has 0 bridgehead atoms. The first-order valence-electron chi connectivity index (χ1n) is 19.0. The summed E-state index contributed by atoms with van der Waals surface area (Å²) in [6, 6.07) is 70.8. The predicted molar refractivity (Wildman–Crippen MR) is 235 cm³/mol. The molecule has 0 spiro atoms. The largest absolute Gasteiger partial charge is 0.247 e. The van der Waals surface area contributed by atoms with Crippen molar-refractivity contribution in [2.45, 2.75) is 0 Å². The van der Waals surface area contributed by atoms with Crippen LogP contribution < -0.4 is 0 Å². The van der Waals surface area contributed by atoms with Crippen molar-refractivity contribution >= 4 is 54.0 Å². The first-order chi connectivity index (χ1) is 27.8. The highest BCUT2D eigenvalue weighted by molar-refractivity contribution is 6.33. The Morgan fingerprint density at radius 1 is 0.268 bits per heavy atom. The van der Waals surface area contributed by atoms with Crippen LogP contribution >= 0.6 is 0 Å². The molecule has 0 unspecified atom stereocenters. The van der Waals surface area contributed by atoms with Gasteiger partial charge < -0.3 is 0 Å². The van der Waals surface area contributed by atoms with Crippen LogP contribution in [-0.2, 0) is 0 Å². The maximum absolute atomic E-state index is 5.41. The van der Waals surface area contributed by atoms with Crippen molar-refractivity contribution in [2.75, 3.05) is 0 Å². The maximum atomic E-state index is 5.41. The molecule has 0 aliphatic carbocycles. The van der Waals surface area contributed by atoms with E-state index in [1.165, 1.54) is 37.7 Å². The smallest absolute Gasteiger partial charge is 0.160 e. The number of nitrogens with zero attached hydrogens (tertiary/aromatic N) is 3. The Balaban J connectivity index is 1.16. The number of pyridine rings is 1. The van der Waals surface area contributed by atoms with Crippen LogP contribution in [0.15, 0.2) is 200 Å². The van der Waals surface area contributed by atoms with E-state index in [1.54, 1.807) is 0 Å². The fourth-order valence-electron chi connectivity index (χ4n) is 8.43. The molecule has 0 fully saturated rings. The summed E-state index contributed by atoms with van der Waals surface area (Å²) in [5.41, 5.74) is 9.88. The molecule has 0 saturated carbocycles. The second-order valence-corrected chi connectivity index (χ2v) is 14.3. The lowest BCUT2D eigenvalue weighted by Gasteiger charge is -2.18. The van der Waals surface area contributed by atoms with Crippen molar-refractivity contribution in [1.29, 1.82) is 0 Å². The molecule has 56 heavy (non-hydrogen) atoms. The molecule has 0 atom stereocenters. The summed E-state index contributed by atoms with van der Waals surface area (Å²) in [6.07, 6.45) is 0. The summed E-state index contributed by atoms with van der Waals surface area (Å²) in [4.78, 5) is 16.2. The Kier molecular flexibility index (Phi) is 7.49. The summed E-state index contributed by atoms with van der Waals surface area (Å²) in [6.45, 7) is 0. The van der Waals surface area contributed by atoms with E-state index in [-0.39, 0.29) is 0 Å². The van der Waals surface area contributed by atoms with Gasteiger partial charge in [0.15, 0.2) is 5.82 Å². The first kappa shape index (κ1) is 32.0. The van der Waals surface area contributed by atoms with Gasteiger partial charge >= 0.3 is 0 Å². The van der Waals surface area contributed by atoms with E-state index < -0.39 is 0 Å². The summed E-state index contributed by atoms with van der Waals surface area (Å²) in [5.74, 6) is 0.694. The number of benzene rings is 9. The Morgan fingerprint density at radius 2 is 0.732 bits per heavy atom. The lowest BCUT2D eigenvalue weighted by molar-refractivity contribution is 1.19. The van der Waals surface area contributed by atoms with Gasteiger partial charge in [0.25, 0.3) is 0 Å². The summed E-state index contributed by atoms with van der Waals surface area (Å²) >= 11 is 0. The Morgan fingerprint density at radius 3 is 1.38 bits per heavy atom. The van der Waals surface area contributed by atoms with Crippen molar-refractivity contribution in [1.82, 2.24) is 15.0 Å². The lowest BCUT2D eigenvalue weighted by Crippen LogP contribution is -2.01. The monoisotopic (exact) mass is 711 g/mol. The maximum Gasteiger partial charge on any atom is 0.160 e. The average Bonchev–Trinajstić information content (AvgIpc) is 3.28. The van der Waals surface area contributed by atoms with Crippen LogP contribution in [-0.4, -0.2) is 15.0 Å². The average molecular weight is 712 g/mol. The molecule has 3 nitrogen and oxygen atoms in total. The highest BCUT2D eigenvalue weighted by Gasteiger charge is 2.22. The van der Waals surface area contributed by atoms with E-state index >= 15 is 0 Å². The molecule has 0 aliphatic heterocycles. The molecule has 11 aromatic rings. The normalized spacial score (nSPS) is 11.6. The highest BCUT2D eigenvalue weighted by atomic mass is 14.9. The van der Waals surface area contributed by atoms with E-state index in [0.29, 0.717) is 5.82 Å². The van der Waals surface area contributed by atoms with Gasteiger partial charge in [0.2, 0.25) is 0 Å². The van der Waals surface area contributed by atoms with Crippen molar-refractivity contribution in [3.63, 3.8) is 0 Å². The third kappa shape index (κ3) is 5.25. The van der Waals surface area contributed by atoms with Crippen molar-refractivity contribution in [3.8, 4) is 56.3 Å². The molecule has 0 radical (unpaired) electrons. The number of para-hydroxylation sites is 1. The van der Waals surface area contributed by atoms with Gasteiger partial charge in [0.05, 0.1) is 22.6 Å². The number of rotatable bonds is 5. The molecule has 2 aromatic heterocycles. The molecular weight excluding hydrogens is 679 g/mol. The van der Waals surface area contributed by atoms with Gasteiger partial charge in [-0.3, -0.25) is 0 Å². The van der Waals surface area contributed by atoms with Crippen LogP contribution in [0.2, 0.25) is 0 Å². The van der Waals surface area contributed by atoms with Crippen LogP contribution in [0.3, 0.4) is 0 Å². The SMILES string of the molecule is c1ccc(-c2nc(-c3ccc4ccccc4c3)nc(-c3ccccc3)c2-c2ccc(-c3nc4ccccc4c4c5ccccc5c5ccccc5c34)cc2)cc1. The zero-order valence-corrected chi connectivity index (χ0v) is 30.4. The van der Waals surface area contributed by atoms with Crippen LogP contribution in [0.4, 0.5) is 0 Å². The highest BCUT2D eigenvalue weighted by Crippen LogP contribution is 2.44. The van der Waals surface area contributed by atoms with E-state index in [0.717, 1.165) is 66.8 Å². The van der Waals surface area contributed by atoms with Gasteiger partial charge in [0.1, 0.15) is 0 Å². The quantitative estimate of drug-likeness (QED) is 0.167. The Labute approximate surface area is 324 Å². The van der Waals surface area contributed by atoms with Gasteiger partial charge in [-0.25, -0.2) is 15.0 Å². The van der Waals surface area contributed by atoms with Gasteiger partial charge in [-0.1, -0.05) is 188 Å². The number of aromatic nitrogens is 3. The molecule has 3 heteroatoms. The molecule has 260 valence electrons. The van der Waals surface area contributed by atoms with Gasteiger partial charge in [-0.15, -0.1) is 0 Å². The van der Waals surface area contributed by atoms with Gasteiger partial charge in [0, 0.05) is 44.0 Å². The van der Waals surface area contributed by atoms with Crippen molar-refractivity contribution in [3.05, 3.63) is 200 Å². The zero-order chi connectivity index (χ0) is 37.0. The molecule has 0 N–H and O–H groups in total. The van der Waals surface area contributed by atoms with Crippen molar-refractivity contribution in [2.24, 2.45) is 0 Å². The number of fused-ring (bicyclic) bond motifs is 9. The van der Waals surface area contributed by atoms with Crippen molar-refractivity contribution < 1.29 is 0 Å². The zero-order valence-electron chi connectivity index (χ0n) is 30.4. The van der Waals surface area contributed by atoms with Crippen LogP contribution in [0.5, 0.6) is 0 Å². The third-order valence-corrected chi connectivity index (χ3v) is 11.0. The molecule has 2 heterocycles. The van der Waals surface area contributed by atoms with Crippen LogP contribution in [0.25, 0.3) is 110 Å². The second-order valence-electron chi connectivity index (χ2n) is 14.3. The summed E-state index contributed by atoms with van der Waals surface area (Å²) in [7, 11) is 0. The first-order valence-corrected chi connectivity index (χ1v) is 19.0. The molecule has 0 saturated heterocycles. The van der Waals surface area contributed by atoms with E-state index in [9.17, 15) is 0 Å². The second kappa shape index (κ2) is 13.1. The number of hydrogen-bond acceptors (Lipinski definition) is 3. The minimum Gasteiger partial charge on any atom is -0.247 e. The molecule has 9 aromatic carbocycles. The van der Waals surface area contributed by atoms with Gasteiger partial charge in [-0.05, 0) is 50.0 Å². The van der Waals surface area contributed by atoms with Crippen LogP contribution in [0.1, 0.15) is 0 Å². The Bertz CT molecular complexity index is 3220. The number of hydrogen-bond donors (Lipinski definition) is 0. The summed E-state index contributed by atoms with van der Waals surface area (Å²) < 4.78 is 0.